The maximum absolute atomic E-state index is 2.53. The fourth-order valence-corrected chi connectivity index (χ4v) is 2.70. The van der Waals surface area contributed by atoms with Crippen LogP contribution in [0, 0.1) is 0 Å². The lowest BCUT2D eigenvalue weighted by molar-refractivity contribution is 0.571. The van der Waals surface area contributed by atoms with Gasteiger partial charge in [-0.15, -0.1) is 0 Å². The van der Waals surface area contributed by atoms with Crippen molar-refractivity contribution < 1.29 is 0 Å². The van der Waals surface area contributed by atoms with E-state index in [-0.39, 0.29) is 0 Å². The molecular weight excluding hydrogens is 182 g/mol. The van der Waals surface area contributed by atoms with E-state index in [1.54, 1.807) is 0 Å². The van der Waals surface area contributed by atoms with Crippen LogP contribution in [-0.4, -0.2) is 17.0 Å². The molecule has 2 aliphatic rings. The Bertz CT molecular complexity index is 343. The number of rotatable bonds is 2. The Hall–Kier alpha value is -1.24. The van der Waals surface area contributed by atoms with E-state index in [0.29, 0.717) is 0 Å². The molecule has 1 nitrogen and oxygen atoms in total. The summed E-state index contributed by atoms with van der Waals surface area (Å²) in [5.41, 5.74) is 1.31. The third-order valence-corrected chi connectivity index (χ3v) is 3.61. The van der Waals surface area contributed by atoms with Gasteiger partial charge in [-0.1, -0.05) is 43.2 Å². The van der Waals surface area contributed by atoms with E-state index in [2.05, 4.69) is 47.5 Å². The smallest absolute Gasteiger partial charge is 0.0491 e. The van der Waals surface area contributed by atoms with Gasteiger partial charge < -0.3 is 4.90 Å². The number of hydrogen-bond acceptors (Lipinski definition) is 1. The largest absolute Gasteiger partial charge is 0.367 e. The number of fused-ring (bicyclic) bond motifs is 1. The molecule has 0 amide bonds. The van der Waals surface area contributed by atoms with E-state index >= 15 is 0 Å². The summed E-state index contributed by atoms with van der Waals surface area (Å²) in [5.74, 6) is 0. The highest BCUT2D eigenvalue weighted by atomic mass is 15.3. The van der Waals surface area contributed by atoms with E-state index in [1.807, 2.05) is 0 Å². The molecular formula is C14H17N. The van der Waals surface area contributed by atoms with E-state index < -0.39 is 0 Å². The molecule has 1 aromatic rings. The van der Waals surface area contributed by atoms with E-state index in [4.69, 9.17) is 0 Å². The lowest BCUT2D eigenvalue weighted by Gasteiger charge is -2.01. The fourth-order valence-electron chi connectivity index (χ4n) is 2.70. The van der Waals surface area contributed by atoms with E-state index in [9.17, 15) is 0 Å². The van der Waals surface area contributed by atoms with Gasteiger partial charge in [0.2, 0.25) is 0 Å². The van der Waals surface area contributed by atoms with Gasteiger partial charge >= 0.3 is 0 Å². The second kappa shape index (κ2) is 3.73. The Labute approximate surface area is 91.4 Å². The quantitative estimate of drug-likeness (QED) is 0.660. The average Bonchev–Trinajstić information content (AvgIpc) is 3.01. The van der Waals surface area contributed by atoms with Gasteiger partial charge in [-0.25, -0.2) is 0 Å². The zero-order valence-corrected chi connectivity index (χ0v) is 8.97. The summed E-state index contributed by atoms with van der Waals surface area (Å²) in [7, 11) is 0. The predicted octanol–water partition coefficient (Wildman–Crippen LogP) is 3.28. The summed E-state index contributed by atoms with van der Waals surface area (Å²) >= 11 is 0. The molecule has 1 heteroatoms. The highest BCUT2D eigenvalue weighted by molar-refractivity contribution is 5.49. The van der Waals surface area contributed by atoms with Gasteiger partial charge in [-0.05, 0) is 24.5 Å². The van der Waals surface area contributed by atoms with Crippen LogP contribution >= 0.6 is 0 Å². The average molecular weight is 199 g/mol. The highest BCUT2D eigenvalue weighted by Gasteiger charge is 2.45. The van der Waals surface area contributed by atoms with E-state index in [1.165, 1.54) is 31.2 Å². The Kier molecular flexibility index (Phi) is 2.24. The first kappa shape index (κ1) is 9.02. The van der Waals surface area contributed by atoms with Gasteiger partial charge in [0.15, 0.2) is 0 Å². The number of nitrogens with zero attached hydrogens (tertiary/aromatic N) is 1. The normalized spacial score (nSPS) is 29.2. The molecule has 0 bridgehead atoms. The van der Waals surface area contributed by atoms with Crippen LogP contribution in [0.5, 0.6) is 0 Å². The second-order valence-corrected chi connectivity index (χ2v) is 4.59. The topological polar surface area (TPSA) is 3.01 Å². The molecule has 1 saturated carbocycles. The van der Waals surface area contributed by atoms with Gasteiger partial charge in [0.25, 0.3) is 0 Å². The standard InChI is InChI=1S/C14H17N/c1-2-6-12(7-3-1)10-11-15-13-8-4-5-9-14(13)15/h1-3,6-7,10-11,13-14H,4-5,8-9H2/b11-10+. The molecule has 1 aliphatic heterocycles. The number of hydrogen-bond donors (Lipinski definition) is 0. The molecule has 1 aliphatic carbocycles. The van der Waals surface area contributed by atoms with Crippen molar-refractivity contribution in [2.45, 2.75) is 37.8 Å². The predicted molar refractivity (Wildman–Crippen MR) is 63.4 cm³/mol. The molecule has 0 spiro atoms. The molecule has 0 N–H and O–H groups in total. The van der Waals surface area contributed by atoms with Crippen molar-refractivity contribution >= 4 is 6.08 Å². The van der Waals surface area contributed by atoms with Crippen LogP contribution in [0.15, 0.2) is 36.5 Å². The maximum Gasteiger partial charge on any atom is 0.0491 e. The zero-order chi connectivity index (χ0) is 10.1. The van der Waals surface area contributed by atoms with Crippen LogP contribution in [0.2, 0.25) is 0 Å². The monoisotopic (exact) mass is 199 g/mol. The molecule has 2 atom stereocenters. The Balaban J connectivity index is 1.65. The van der Waals surface area contributed by atoms with Crippen molar-refractivity contribution in [1.82, 2.24) is 4.90 Å². The summed E-state index contributed by atoms with van der Waals surface area (Å²) in [6, 6.07) is 12.3. The van der Waals surface area contributed by atoms with Crippen molar-refractivity contribution in [2.24, 2.45) is 0 Å². The first-order valence-corrected chi connectivity index (χ1v) is 5.96. The van der Waals surface area contributed by atoms with Crippen LogP contribution in [0.4, 0.5) is 0 Å². The summed E-state index contributed by atoms with van der Waals surface area (Å²) in [6.07, 6.45) is 10.2. The van der Waals surface area contributed by atoms with Gasteiger partial charge in [0.05, 0.1) is 0 Å². The van der Waals surface area contributed by atoms with Crippen LogP contribution in [0.25, 0.3) is 6.08 Å². The van der Waals surface area contributed by atoms with Crippen molar-refractivity contribution in [3.05, 3.63) is 42.1 Å². The molecule has 15 heavy (non-hydrogen) atoms. The van der Waals surface area contributed by atoms with Gasteiger partial charge in [0.1, 0.15) is 0 Å². The lowest BCUT2D eigenvalue weighted by atomic mass is 10.0. The van der Waals surface area contributed by atoms with Crippen LogP contribution < -0.4 is 0 Å². The third kappa shape index (κ3) is 1.79. The van der Waals surface area contributed by atoms with Crippen molar-refractivity contribution in [1.29, 1.82) is 0 Å². The van der Waals surface area contributed by atoms with Crippen molar-refractivity contribution in [3.8, 4) is 0 Å². The van der Waals surface area contributed by atoms with Gasteiger partial charge in [-0.3, -0.25) is 0 Å². The number of benzene rings is 1. The van der Waals surface area contributed by atoms with Crippen LogP contribution in [0.3, 0.4) is 0 Å². The summed E-state index contributed by atoms with van der Waals surface area (Å²) in [5, 5.41) is 0. The molecule has 1 aromatic carbocycles. The minimum atomic E-state index is 0.874. The van der Waals surface area contributed by atoms with Crippen LogP contribution in [-0.2, 0) is 0 Å². The molecule has 78 valence electrons. The Morgan fingerprint density at radius 3 is 2.33 bits per heavy atom. The second-order valence-electron chi connectivity index (χ2n) is 4.59. The van der Waals surface area contributed by atoms with Crippen molar-refractivity contribution in [3.63, 3.8) is 0 Å². The molecule has 2 fully saturated rings. The van der Waals surface area contributed by atoms with Gasteiger partial charge in [0, 0.05) is 18.3 Å². The fraction of sp³-hybridized carbons (Fsp3) is 0.429. The molecule has 0 radical (unpaired) electrons. The number of likely N-dealkylation sites (tertiary alicyclic amines) is 1. The summed E-state index contributed by atoms with van der Waals surface area (Å²) in [4.78, 5) is 2.53. The first-order chi connectivity index (χ1) is 7.45. The first-order valence-electron chi connectivity index (χ1n) is 5.96. The summed E-state index contributed by atoms with van der Waals surface area (Å²) < 4.78 is 0. The van der Waals surface area contributed by atoms with Gasteiger partial charge in [-0.2, -0.15) is 0 Å². The lowest BCUT2D eigenvalue weighted by Crippen LogP contribution is -2.00. The molecule has 2 unspecified atom stereocenters. The molecule has 3 rings (SSSR count). The van der Waals surface area contributed by atoms with E-state index in [0.717, 1.165) is 12.1 Å². The molecule has 1 heterocycles. The molecule has 1 saturated heterocycles. The zero-order valence-electron chi connectivity index (χ0n) is 8.97. The highest BCUT2D eigenvalue weighted by Crippen LogP contribution is 2.40. The SMILES string of the molecule is C(=C\N1C2CCCCC21)/c1ccccc1. The summed E-state index contributed by atoms with van der Waals surface area (Å²) in [6.45, 7) is 0. The maximum atomic E-state index is 2.53. The Morgan fingerprint density at radius 1 is 1.00 bits per heavy atom. The minimum absolute atomic E-state index is 0.874. The van der Waals surface area contributed by atoms with Crippen molar-refractivity contribution in [2.75, 3.05) is 0 Å². The minimum Gasteiger partial charge on any atom is -0.367 e. The Morgan fingerprint density at radius 2 is 1.67 bits per heavy atom. The van der Waals surface area contributed by atoms with Crippen LogP contribution in [0.1, 0.15) is 31.2 Å². The molecule has 0 aromatic heterocycles. The third-order valence-electron chi connectivity index (χ3n) is 3.61.